The van der Waals surface area contributed by atoms with Crippen LogP contribution in [-0.4, -0.2) is 18.1 Å². The molecular formula is C15H18F6N2. The highest BCUT2D eigenvalue weighted by Gasteiger charge is 2.45. The zero-order chi connectivity index (χ0) is 17.4. The molecule has 8 heteroatoms. The standard InChI is InChI=1S/C15H18F6N2/c1-8(2)15(21,22-23-6-4-3-5-7-23)9-10(16)12(18)14(20)13(19)11(9)17/h8,22H,3-7H2,1-2H3. The van der Waals surface area contributed by atoms with Crippen molar-refractivity contribution in [3.63, 3.8) is 0 Å². The highest BCUT2D eigenvalue weighted by molar-refractivity contribution is 5.29. The van der Waals surface area contributed by atoms with Crippen molar-refractivity contribution >= 4 is 0 Å². The zero-order valence-corrected chi connectivity index (χ0v) is 12.8. The van der Waals surface area contributed by atoms with Crippen molar-refractivity contribution in [2.45, 2.75) is 38.9 Å². The number of hydrogen-bond donors (Lipinski definition) is 1. The molecule has 1 heterocycles. The number of nitrogens with one attached hydrogen (secondary N) is 1. The molecule has 2 nitrogen and oxygen atoms in total. The normalized spacial score (nSPS) is 19.2. The molecule has 0 bridgehead atoms. The van der Waals surface area contributed by atoms with Gasteiger partial charge in [-0.3, -0.25) is 0 Å². The van der Waals surface area contributed by atoms with Gasteiger partial charge in [-0.1, -0.05) is 20.3 Å². The second kappa shape index (κ2) is 6.68. The molecule has 0 spiro atoms. The molecule has 1 fully saturated rings. The highest BCUT2D eigenvalue weighted by atomic mass is 19.2. The van der Waals surface area contributed by atoms with Crippen LogP contribution in [-0.2, 0) is 5.79 Å². The van der Waals surface area contributed by atoms with Crippen LogP contribution in [0.1, 0.15) is 38.7 Å². The lowest BCUT2D eigenvalue weighted by Gasteiger charge is -2.38. The van der Waals surface area contributed by atoms with Gasteiger partial charge in [0.15, 0.2) is 23.3 Å². The molecule has 1 aromatic rings. The number of halogens is 6. The van der Waals surface area contributed by atoms with Gasteiger partial charge in [-0.05, 0) is 12.8 Å². The molecule has 1 aliphatic rings. The highest BCUT2D eigenvalue weighted by Crippen LogP contribution is 2.38. The Labute approximate surface area is 130 Å². The van der Waals surface area contributed by atoms with Gasteiger partial charge in [-0.2, -0.15) is 0 Å². The molecule has 0 radical (unpaired) electrons. The van der Waals surface area contributed by atoms with E-state index in [0.29, 0.717) is 13.1 Å². The fourth-order valence-corrected chi connectivity index (χ4v) is 2.63. The molecule has 1 atom stereocenters. The number of nitrogens with zero attached hydrogens (tertiary/aromatic N) is 1. The minimum atomic E-state index is -2.92. The summed E-state index contributed by atoms with van der Waals surface area (Å²) in [5.41, 5.74) is 0.857. The average Bonchev–Trinajstić information content (AvgIpc) is 2.52. The second-order valence-electron chi connectivity index (χ2n) is 5.97. The topological polar surface area (TPSA) is 15.3 Å². The molecule has 0 saturated carbocycles. The van der Waals surface area contributed by atoms with Crippen molar-refractivity contribution in [3.8, 4) is 0 Å². The van der Waals surface area contributed by atoms with Crippen LogP contribution in [0.15, 0.2) is 0 Å². The first-order chi connectivity index (χ1) is 10.7. The molecule has 1 aromatic carbocycles. The lowest BCUT2D eigenvalue weighted by atomic mass is 9.92. The van der Waals surface area contributed by atoms with Crippen LogP contribution in [0.5, 0.6) is 0 Å². The maximum absolute atomic E-state index is 15.4. The monoisotopic (exact) mass is 340 g/mol. The van der Waals surface area contributed by atoms with Crippen LogP contribution >= 0.6 is 0 Å². The Kier molecular flexibility index (Phi) is 5.25. The third kappa shape index (κ3) is 3.19. The summed E-state index contributed by atoms with van der Waals surface area (Å²) in [4.78, 5) is 0. The molecule has 130 valence electrons. The average molecular weight is 340 g/mol. The summed E-state index contributed by atoms with van der Waals surface area (Å²) in [6, 6.07) is 0. The number of piperidine rings is 1. The van der Waals surface area contributed by atoms with Crippen LogP contribution in [0.3, 0.4) is 0 Å². The summed E-state index contributed by atoms with van der Waals surface area (Å²) < 4.78 is 83.3. The molecule has 1 N–H and O–H groups in total. The van der Waals surface area contributed by atoms with Crippen molar-refractivity contribution in [1.82, 2.24) is 10.4 Å². The summed E-state index contributed by atoms with van der Waals surface area (Å²) >= 11 is 0. The number of hydrazine groups is 1. The minimum absolute atomic E-state index is 0.424. The predicted octanol–water partition coefficient (Wildman–Crippen LogP) is 4.15. The summed E-state index contributed by atoms with van der Waals surface area (Å²) in [7, 11) is 0. The van der Waals surface area contributed by atoms with Gasteiger partial charge in [0.1, 0.15) is 0 Å². The third-order valence-corrected chi connectivity index (χ3v) is 4.05. The van der Waals surface area contributed by atoms with E-state index in [4.69, 9.17) is 0 Å². The van der Waals surface area contributed by atoms with Crippen molar-refractivity contribution in [3.05, 3.63) is 34.6 Å². The minimum Gasteiger partial charge on any atom is -0.241 e. The van der Waals surface area contributed by atoms with Crippen LogP contribution in [0.25, 0.3) is 0 Å². The van der Waals surface area contributed by atoms with Gasteiger partial charge in [0, 0.05) is 19.0 Å². The van der Waals surface area contributed by atoms with Gasteiger partial charge in [0.05, 0.1) is 5.56 Å². The maximum Gasteiger partial charge on any atom is 0.207 e. The van der Waals surface area contributed by atoms with Crippen LogP contribution < -0.4 is 5.43 Å². The van der Waals surface area contributed by atoms with Crippen LogP contribution in [0, 0.1) is 35.0 Å². The predicted molar refractivity (Wildman–Crippen MR) is 72.4 cm³/mol. The molecule has 0 aliphatic carbocycles. The van der Waals surface area contributed by atoms with E-state index in [9.17, 15) is 22.0 Å². The zero-order valence-electron chi connectivity index (χ0n) is 12.8. The molecule has 0 amide bonds. The Morgan fingerprint density at radius 3 is 1.70 bits per heavy atom. The summed E-state index contributed by atoms with van der Waals surface area (Å²) in [6.07, 6.45) is 2.43. The van der Waals surface area contributed by atoms with E-state index < -0.39 is 46.4 Å². The van der Waals surface area contributed by atoms with Gasteiger partial charge in [0.25, 0.3) is 0 Å². The van der Waals surface area contributed by atoms with Crippen molar-refractivity contribution < 1.29 is 26.3 Å². The summed E-state index contributed by atoms with van der Waals surface area (Å²) in [5, 5.41) is 1.42. The molecule has 2 rings (SSSR count). The molecular weight excluding hydrogens is 322 g/mol. The van der Waals surface area contributed by atoms with E-state index >= 15 is 4.39 Å². The van der Waals surface area contributed by atoms with E-state index in [1.807, 2.05) is 0 Å². The van der Waals surface area contributed by atoms with Gasteiger partial charge in [-0.15, -0.1) is 0 Å². The number of rotatable bonds is 4. The Bertz CT molecular complexity index is 557. The van der Waals surface area contributed by atoms with E-state index in [0.717, 1.165) is 19.3 Å². The summed E-state index contributed by atoms with van der Waals surface area (Å²) in [5.74, 6) is -14.9. The van der Waals surface area contributed by atoms with Crippen LogP contribution in [0.2, 0.25) is 0 Å². The quantitative estimate of drug-likeness (QED) is 0.383. The fourth-order valence-electron chi connectivity index (χ4n) is 2.63. The first kappa shape index (κ1) is 18.1. The largest absolute Gasteiger partial charge is 0.241 e. The van der Waals surface area contributed by atoms with E-state index in [2.05, 4.69) is 5.43 Å². The smallest absolute Gasteiger partial charge is 0.207 e. The Balaban J connectivity index is 2.53. The third-order valence-electron chi connectivity index (χ3n) is 4.05. The van der Waals surface area contributed by atoms with Gasteiger partial charge in [-0.25, -0.2) is 36.8 Å². The van der Waals surface area contributed by atoms with Crippen LogP contribution in [0.4, 0.5) is 26.3 Å². The van der Waals surface area contributed by atoms with Gasteiger partial charge in [0.2, 0.25) is 11.6 Å². The molecule has 1 unspecified atom stereocenters. The summed E-state index contributed by atoms with van der Waals surface area (Å²) in [6.45, 7) is 3.45. The lowest BCUT2D eigenvalue weighted by molar-refractivity contribution is -0.0460. The molecule has 1 saturated heterocycles. The van der Waals surface area contributed by atoms with Crippen molar-refractivity contribution in [1.29, 1.82) is 0 Å². The van der Waals surface area contributed by atoms with E-state index in [1.54, 1.807) is 0 Å². The molecule has 1 aliphatic heterocycles. The maximum atomic E-state index is 15.4. The Morgan fingerprint density at radius 1 is 0.826 bits per heavy atom. The first-order valence-electron chi connectivity index (χ1n) is 7.43. The molecule has 0 aromatic heterocycles. The number of benzene rings is 1. The van der Waals surface area contributed by atoms with E-state index in [-0.39, 0.29) is 0 Å². The first-order valence-corrected chi connectivity index (χ1v) is 7.43. The molecule has 23 heavy (non-hydrogen) atoms. The fraction of sp³-hybridized carbons (Fsp3) is 0.600. The van der Waals surface area contributed by atoms with Gasteiger partial charge >= 0.3 is 0 Å². The lowest BCUT2D eigenvalue weighted by Crippen LogP contribution is -2.55. The SMILES string of the molecule is CC(C)C(F)(NN1CCCCC1)c1c(F)c(F)c(F)c(F)c1F. The second-order valence-corrected chi connectivity index (χ2v) is 5.97. The number of hydrogen-bond acceptors (Lipinski definition) is 2. The number of alkyl halides is 1. The van der Waals surface area contributed by atoms with Crippen molar-refractivity contribution in [2.75, 3.05) is 13.1 Å². The van der Waals surface area contributed by atoms with Gasteiger partial charge < -0.3 is 0 Å². The Morgan fingerprint density at radius 2 is 1.26 bits per heavy atom. The van der Waals surface area contributed by atoms with Crippen molar-refractivity contribution in [2.24, 2.45) is 5.92 Å². The Hall–Kier alpha value is -1.28. The van der Waals surface area contributed by atoms with E-state index in [1.165, 1.54) is 18.9 Å².